The van der Waals surface area contributed by atoms with Crippen LogP contribution in [-0.4, -0.2) is 23.4 Å². The highest BCUT2D eigenvalue weighted by Gasteiger charge is 2.86. The number of hydrogen-bond acceptors (Lipinski definition) is 4. The standard InChI is InChI=1S/C24H30Cl2N2O4/c1-8-9-24-13-17(18(29)23(24,7)22(24,5)6)19(30)28(27-20(31)32-21(2,3)4)16-11-14(25)10-15(26)12-16/h8-12,17H,13H2,1-7H3,(H,27,31)/b9-8-/t17?,23-,24?/m0/s1. The zero-order valence-electron chi connectivity index (χ0n) is 19.5. The van der Waals surface area contributed by atoms with E-state index >= 15 is 0 Å². The van der Waals surface area contributed by atoms with Crippen molar-refractivity contribution in [3.63, 3.8) is 0 Å². The zero-order valence-corrected chi connectivity index (χ0v) is 21.0. The zero-order chi connectivity index (χ0) is 24.3. The van der Waals surface area contributed by atoms with Crippen molar-refractivity contribution in [1.29, 1.82) is 0 Å². The second-order valence-electron chi connectivity index (χ2n) is 10.3. The van der Waals surface area contributed by atoms with Gasteiger partial charge in [-0.3, -0.25) is 9.59 Å². The lowest BCUT2D eigenvalue weighted by molar-refractivity contribution is -0.135. The maximum atomic E-state index is 13.7. The van der Waals surface area contributed by atoms with E-state index in [0.717, 1.165) is 5.01 Å². The molecule has 0 aromatic heterocycles. The van der Waals surface area contributed by atoms with Crippen LogP contribution in [0, 0.1) is 22.2 Å². The van der Waals surface area contributed by atoms with E-state index in [9.17, 15) is 14.4 Å². The predicted molar refractivity (Wildman–Crippen MR) is 126 cm³/mol. The fourth-order valence-electron chi connectivity index (χ4n) is 5.38. The Morgan fingerprint density at radius 3 is 2.22 bits per heavy atom. The fourth-order valence-corrected chi connectivity index (χ4v) is 5.89. The van der Waals surface area contributed by atoms with Gasteiger partial charge in [0.15, 0.2) is 5.78 Å². The van der Waals surface area contributed by atoms with Crippen LogP contribution < -0.4 is 10.4 Å². The van der Waals surface area contributed by atoms with Crippen LogP contribution in [0.1, 0.15) is 54.9 Å². The SMILES string of the molecule is C/C=C\C12CC(C(=O)N(NC(=O)OC(C)(C)C)c3cc(Cl)cc(Cl)c3)C(=O)[C@@]1(C)C2(C)C. The quantitative estimate of drug-likeness (QED) is 0.328. The summed E-state index contributed by atoms with van der Waals surface area (Å²) in [5, 5.41) is 1.60. The minimum Gasteiger partial charge on any atom is -0.443 e. The first kappa shape index (κ1) is 24.6. The second-order valence-corrected chi connectivity index (χ2v) is 11.1. The number of nitrogens with zero attached hydrogens (tertiary/aromatic N) is 1. The first-order valence-electron chi connectivity index (χ1n) is 10.6. The molecule has 0 spiro atoms. The Bertz CT molecular complexity index is 993. The van der Waals surface area contributed by atoms with Gasteiger partial charge < -0.3 is 4.74 Å². The van der Waals surface area contributed by atoms with Gasteiger partial charge in [0, 0.05) is 20.9 Å². The molecule has 6 nitrogen and oxygen atoms in total. The van der Waals surface area contributed by atoms with Crippen LogP contribution in [0.5, 0.6) is 0 Å². The van der Waals surface area contributed by atoms with Crippen LogP contribution in [0.25, 0.3) is 0 Å². The Kier molecular flexibility index (Phi) is 5.97. The summed E-state index contributed by atoms with van der Waals surface area (Å²) in [5.74, 6) is -1.60. The van der Waals surface area contributed by atoms with Crippen LogP contribution in [-0.2, 0) is 14.3 Å². The van der Waals surface area contributed by atoms with Crippen molar-refractivity contribution in [2.45, 2.75) is 60.5 Å². The molecule has 3 atom stereocenters. The Hall–Kier alpha value is -2.05. The monoisotopic (exact) mass is 480 g/mol. The Morgan fingerprint density at radius 2 is 1.72 bits per heavy atom. The van der Waals surface area contributed by atoms with E-state index < -0.39 is 34.3 Å². The van der Waals surface area contributed by atoms with Crippen LogP contribution in [0.2, 0.25) is 10.0 Å². The normalized spacial score (nSPS) is 28.4. The molecule has 8 heteroatoms. The summed E-state index contributed by atoms with van der Waals surface area (Å²) in [5.41, 5.74) is 0.632. The molecule has 2 saturated carbocycles. The maximum absolute atomic E-state index is 13.7. The molecule has 1 aromatic carbocycles. The van der Waals surface area contributed by atoms with Gasteiger partial charge in [-0.05, 0) is 57.7 Å². The molecule has 0 saturated heterocycles. The lowest BCUT2D eigenvalue weighted by atomic mass is 9.83. The number of amides is 2. The molecule has 2 aliphatic carbocycles. The van der Waals surface area contributed by atoms with Crippen LogP contribution in [0.15, 0.2) is 30.4 Å². The van der Waals surface area contributed by atoms with E-state index in [1.807, 2.05) is 26.0 Å². The summed E-state index contributed by atoms with van der Waals surface area (Å²) in [6.07, 6.45) is 3.51. The Labute approximate surface area is 199 Å². The molecule has 1 aromatic rings. The van der Waals surface area contributed by atoms with Gasteiger partial charge in [0.25, 0.3) is 5.91 Å². The highest BCUT2D eigenvalue weighted by Crippen LogP contribution is 2.85. The average molecular weight is 481 g/mol. The topological polar surface area (TPSA) is 75.7 Å². The van der Waals surface area contributed by atoms with Crippen molar-refractivity contribution >= 4 is 46.7 Å². The number of ketones is 1. The van der Waals surface area contributed by atoms with E-state index in [1.165, 1.54) is 18.2 Å². The molecule has 2 aliphatic rings. The first-order chi connectivity index (χ1) is 14.6. The number of carbonyl (C=O) groups is 3. The number of carbonyl (C=O) groups excluding carboxylic acids is 3. The molecule has 0 heterocycles. The van der Waals surface area contributed by atoms with E-state index in [2.05, 4.69) is 19.3 Å². The van der Waals surface area contributed by atoms with Gasteiger partial charge >= 0.3 is 6.09 Å². The first-order valence-corrected chi connectivity index (χ1v) is 11.3. The average Bonchev–Trinajstić information content (AvgIpc) is 2.86. The van der Waals surface area contributed by atoms with Crippen molar-refractivity contribution in [2.75, 3.05) is 5.01 Å². The number of anilines is 1. The molecule has 1 N–H and O–H groups in total. The maximum Gasteiger partial charge on any atom is 0.427 e. The molecular formula is C24H30Cl2N2O4. The summed E-state index contributed by atoms with van der Waals surface area (Å²) in [6, 6.07) is 4.51. The molecular weight excluding hydrogens is 451 g/mol. The molecule has 2 fully saturated rings. The molecule has 0 radical (unpaired) electrons. The summed E-state index contributed by atoms with van der Waals surface area (Å²) in [6.45, 7) is 13.1. The highest BCUT2D eigenvalue weighted by atomic mass is 35.5. The molecule has 32 heavy (non-hydrogen) atoms. The van der Waals surface area contributed by atoms with Crippen LogP contribution in [0.4, 0.5) is 10.5 Å². The number of fused-ring (bicyclic) bond motifs is 1. The number of Topliss-reactive ketones (excluding diaryl/α,β-unsaturated/α-hetero) is 1. The number of hydrazine groups is 1. The van der Waals surface area contributed by atoms with Gasteiger partial charge in [-0.15, -0.1) is 0 Å². The second kappa shape index (κ2) is 7.77. The van der Waals surface area contributed by atoms with E-state index in [1.54, 1.807) is 20.8 Å². The number of hydrogen-bond donors (Lipinski definition) is 1. The Morgan fingerprint density at radius 1 is 1.16 bits per heavy atom. The number of ether oxygens (including phenoxy) is 1. The van der Waals surface area contributed by atoms with Crippen LogP contribution >= 0.6 is 23.2 Å². The summed E-state index contributed by atoms with van der Waals surface area (Å²) in [4.78, 5) is 39.7. The minimum atomic E-state index is -0.920. The largest absolute Gasteiger partial charge is 0.443 e. The highest BCUT2D eigenvalue weighted by molar-refractivity contribution is 6.35. The van der Waals surface area contributed by atoms with Crippen molar-refractivity contribution in [2.24, 2.45) is 22.2 Å². The van der Waals surface area contributed by atoms with Gasteiger partial charge in [-0.25, -0.2) is 15.2 Å². The van der Waals surface area contributed by atoms with Crippen molar-refractivity contribution in [3.05, 3.63) is 40.4 Å². The minimum absolute atomic E-state index is 0.130. The van der Waals surface area contributed by atoms with Crippen molar-refractivity contribution < 1.29 is 19.1 Å². The smallest absolute Gasteiger partial charge is 0.427 e. The number of halogens is 2. The third-order valence-corrected chi connectivity index (χ3v) is 7.64. The molecule has 174 valence electrons. The fraction of sp³-hybridized carbons (Fsp3) is 0.542. The summed E-state index contributed by atoms with van der Waals surface area (Å²) < 4.78 is 5.33. The third kappa shape index (κ3) is 3.61. The van der Waals surface area contributed by atoms with Gasteiger partial charge in [-0.2, -0.15) is 0 Å². The van der Waals surface area contributed by atoms with Gasteiger partial charge in [0.1, 0.15) is 11.5 Å². The van der Waals surface area contributed by atoms with Gasteiger partial charge in [0.2, 0.25) is 0 Å². The Balaban J connectivity index is 1.98. The predicted octanol–water partition coefficient (Wildman–Crippen LogP) is 5.96. The third-order valence-electron chi connectivity index (χ3n) is 7.21. The van der Waals surface area contributed by atoms with E-state index in [4.69, 9.17) is 27.9 Å². The molecule has 3 rings (SSSR count). The molecule has 0 aliphatic heterocycles. The van der Waals surface area contributed by atoms with Crippen molar-refractivity contribution in [1.82, 2.24) is 5.43 Å². The van der Waals surface area contributed by atoms with Crippen LogP contribution in [0.3, 0.4) is 0 Å². The van der Waals surface area contributed by atoms with Gasteiger partial charge in [-0.1, -0.05) is 56.1 Å². The van der Waals surface area contributed by atoms with Gasteiger partial charge in [0.05, 0.1) is 5.69 Å². The molecule has 2 amide bonds. The molecule has 0 bridgehead atoms. The summed E-state index contributed by atoms with van der Waals surface area (Å²) >= 11 is 12.3. The number of nitrogens with one attached hydrogen (secondary N) is 1. The number of rotatable bonds is 3. The lowest BCUT2D eigenvalue weighted by Gasteiger charge is -2.30. The van der Waals surface area contributed by atoms with E-state index in [-0.39, 0.29) is 26.9 Å². The number of allylic oxidation sites excluding steroid dienone is 2. The number of benzene rings is 1. The summed E-state index contributed by atoms with van der Waals surface area (Å²) in [7, 11) is 0. The van der Waals surface area contributed by atoms with E-state index in [0.29, 0.717) is 6.42 Å². The lowest BCUT2D eigenvalue weighted by Crippen LogP contribution is -2.52. The van der Waals surface area contributed by atoms with Crippen molar-refractivity contribution in [3.8, 4) is 0 Å². The molecule has 2 unspecified atom stereocenters.